The number of nitrogen functional groups attached to an aromatic ring is 1. The molecule has 0 spiro atoms. The van der Waals surface area contributed by atoms with Gasteiger partial charge in [-0.1, -0.05) is 11.6 Å². The maximum Gasteiger partial charge on any atom is 0.410 e. The molecule has 4 aromatic rings. The predicted molar refractivity (Wildman–Crippen MR) is 144 cm³/mol. The summed E-state index contributed by atoms with van der Waals surface area (Å²) in [7, 11) is 0. The number of carbonyl (C=O) groups is 1. The average Bonchev–Trinajstić information content (AvgIpc) is 3.23. The number of anilines is 2. The molecule has 1 fully saturated rings. The highest BCUT2D eigenvalue weighted by atomic mass is 35.5. The lowest BCUT2D eigenvalue weighted by atomic mass is 10.1. The maximum absolute atomic E-state index is 12.7. The number of carbonyl (C=O) groups excluding carboxylic acids is 1. The van der Waals surface area contributed by atoms with Crippen LogP contribution in [-0.2, 0) is 4.74 Å². The number of hydrogen-bond acceptors (Lipinski definition) is 8. The number of hydrogen-bond donors (Lipinski definition) is 1. The molecule has 37 heavy (non-hydrogen) atoms. The summed E-state index contributed by atoms with van der Waals surface area (Å²) in [6, 6.07) is 7.18. The summed E-state index contributed by atoms with van der Waals surface area (Å²) in [5.74, 6) is 1.41. The fraction of sp³-hybridized carbons (Fsp3) is 0.346. The molecular weight excluding hydrogens is 492 g/mol. The van der Waals surface area contributed by atoms with Gasteiger partial charge >= 0.3 is 6.09 Å². The lowest BCUT2D eigenvalue weighted by molar-refractivity contribution is 0.0218. The number of halogens is 1. The Hall–Kier alpha value is -3.92. The van der Waals surface area contributed by atoms with Gasteiger partial charge in [0.2, 0.25) is 0 Å². The first kappa shape index (κ1) is 24.8. The number of rotatable bonds is 3. The topological polar surface area (TPSA) is 115 Å². The molecule has 1 aliphatic heterocycles. The van der Waals surface area contributed by atoms with Crippen molar-refractivity contribution in [2.24, 2.45) is 0 Å². The smallest absolute Gasteiger partial charge is 0.410 e. The van der Waals surface area contributed by atoms with E-state index in [1.54, 1.807) is 41.8 Å². The van der Waals surface area contributed by atoms with Gasteiger partial charge in [-0.15, -0.1) is 0 Å². The Morgan fingerprint density at radius 1 is 1.14 bits per heavy atom. The molecule has 11 heteroatoms. The van der Waals surface area contributed by atoms with Crippen molar-refractivity contribution in [1.82, 2.24) is 29.4 Å². The zero-order chi connectivity index (χ0) is 26.3. The Bertz CT molecular complexity index is 1450. The quantitative estimate of drug-likeness (QED) is 0.418. The highest BCUT2D eigenvalue weighted by Crippen LogP contribution is 2.36. The molecule has 1 saturated heterocycles. The molecule has 0 aromatic carbocycles. The van der Waals surface area contributed by atoms with Crippen molar-refractivity contribution in [3.05, 3.63) is 54.2 Å². The summed E-state index contributed by atoms with van der Waals surface area (Å²) in [5.41, 5.74) is 8.93. The molecule has 2 N–H and O–H groups in total. The summed E-state index contributed by atoms with van der Waals surface area (Å²) in [4.78, 5) is 35.0. The van der Waals surface area contributed by atoms with Gasteiger partial charge in [-0.05, 0) is 52.0 Å². The number of aromatic nitrogens is 5. The summed E-state index contributed by atoms with van der Waals surface area (Å²) >= 11 is 6.28. The predicted octanol–water partition coefficient (Wildman–Crippen LogP) is 4.56. The summed E-state index contributed by atoms with van der Waals surface area (Å²) in [6.45, 7) is 9.27. The molecule has 0 saturated carbocycles. The number of pyridine rings is 2. The van der Waals surface area contributed by atoms with Crippen LogP contribution in [0.25, 0.3) is 28.1 Å². The number of nitrogens with two attached hydrogens (primary N) is 1. The van der Waals surface area contributed by atoms with Crippen LogP contribution in [0.1, 0.15) is 27.7 Å². The van der Waals surface area contributed by atoms with E-state index < -0.39 is 5.60 Å². The summed E-state index contributed by atoms with van der Waals surface area (Å²) in [6.07, 6.45) is 6.48. The summed E-state index contributed by atoms with van der Waals surface area (Å²) < 4.78 is 7.54. The number of nitrogens with zero attached hydrogens (tertiary/aromatic N) is 7. The first-order valence-corrected chi connectivity index (χ1v) is 12.4. The third kappa shape index (κ3) is 5.01. The normalized spacial score (nSPS) is 16.3. The zero-order valence-corrected chi connectivity index (χ0v) is 22.0. The minimum Gasteiger partial charge on any atom is -0.444 e. The number of piperazine rings is 1. The maximum atomic E-state index is 12.7. The third-order valence-electron chi connectivity index (χ3n) is 6.12. The highest BCUT2D eigenvalue weighted by Gasteiger charge is 2.32. The van der Waals surface area contributed by atoms with Gasteiger partial charge in [0, 0.05) is 48.7 Å². The van der Waals surface area contributed by atoms with Gasteiger partial charge in [0.15, 0.2) is 5.82 Å². The van der Waals surface area contributed by atoms with Gasteiger partial charge in [-0.25, -0.2) is 19.7 Å². The van der Waals surface area contributed by atoms with E-state index in [1.165, 1.54) is 0 Å². The monoisotopic (exact) mass is 520 g/mol. The van der Waals surface area contributed by atoms with Gasteiger partial charge in [0.25, 0.3) is 0 Å². The van der Waals surface area contributed by atoms with Crippen LogP contribution in [-0.4, -0.2) is 66.8 Å². The molecular formula is C26H29ClN8O2. The molecule has 192 valence electrons. The molecule has 10 nitrogen and oxygen atoms in total. The van der Waals surface area contributed by atoms with E-state index in [4.69, 9.17) is 27.1 Å². The second-order valence-electron chi connectivity index (χ2n) is 10.1. The summed E-state index contributed by atoms with van der Waals surface area (Å²) in [5, 5.41) is 0.581. The fourth-order valence-electron chi connectivity index (χ4n) is 4.48. The minimum absolute atomic E-state index is 0.0187. The van der Waals surface area contributed by atoms with Gasteiger partial charge in [0.1, 0.15) is 28.8 Å². The van der Waals surface area contributed by atoms with E-state index in [0.29, 0.717) is 41.9 Å². The number of amides is 1. The Labute approximate surface area is 220 Å². The van der Waals surface area contributed by atoms with Crippen LogP contribution in [0.5, 0.6) is 0 Å². The van der Waals surface area contributed by atoms with Crippen LogP contribution in [0.15, 0.2) is 49.2 Å². The van der Waals surface area contributed by atoms with Crippen LogP contribution in [0.3, 0.4) is 0 Å². The Kier molecular flexibility index (Phi) is 6.36. The van der Waals surface area contributed by atoms with Crippen LogP contribution in [0, 0.1) is 0 Å². The average molecular weight is 521 g/mol. The Balaban J connectivity index is 1.59. The Morgan fingerprint density at radius 3 is 2.62 bits per heavy atom. The van der Waals surface area contributed by atoms with Crippen molar-refractivity contribution in [2.75, 3.05) is 30.3 Å². The van der Waals surface area contributed by atoms with Crippen molar-refractivity contribution < 1.29 is 9.53 Å². The first-order chi connectivity index (χ1) is 17.6. The molecule has 1 atom stereocenters. The van der Waals surface area contributed by atoms with Crippen molar-refractivity contribution in [3.8, 4) is 17.1 Å². The van der Waals surface area contributed by atoms with Gasteiger partial charge in [-0.3, -0.25) is 9.55 Å². The van der Waals surface area contributed by atoms with Crippen LogP contribution in [0.2, 0.25) is 5.02 Å². The first-order valence-electron chi connectivity index (χ1n) is 12.0. The molecule has 5 rings (SSSR count). The Morgan fingerprint density at radius 2 is 1.95 bits per heavy atom. The number of fused-ring (bicyclic) bond motifs is 1. The molecule has 1 aliphatic rings. The van der Waals surface area contributed by atoms with E-state index in [1.807, 2.05) is 37.6 Å². The largest absolute Gasteiger partial charge is 0.444 e. The van der Waals surface area contributed by atoms with E-state index in [2.05, 4.69) is 26.8 Å². The number of ether oxygens (including phenoxy) is 1. The molecule has 0 bridgehead atoms. The van der Waals surface area contributed by atoms with Crippen molar-refractivity contribution in [2.45, 2.75) is 39.3 Å². The molecule has 4 aromatic heterocycles. The molecule has 1 amide bonds. The fourth-order valence-corrected chi connectivity index (χ4v) is 4.64. The van der Waals surface area contributed by atoms with E-state index >= 15 is 0 Å². The molecule has 5 heterocycles. The van der Waals surface area contributed by atoms with E-state index in [-0.39, 0.29) is 12.1 Å². The van der Waals surface area contributed by atoms with Crippen LogP contribution in [0.4, 0.5) is 16.3 Å². The third-order valence-corrected chi connectivity index (χ3v) is 6.36. The minimum atomic E-state index is -0.548. The second-order valence-corrected chi connectivity index (χ2v) is 10.5. The van der Waals surface area contributed by atoms with Crippen molar-refractivity contribution in [3.63, 3.8) is 0 Å². The van der Waals surface area contributed by atoms with Gasteiger partial charge in [-0.2, -0.15) is 0 Å². The lowest BCUT2D eigenvalue weighted by Gasteiger charge is -2.41. The van der Waals surface area contributed by atoms with E-state index in [9.17, 15) is 4.79 Å². The van der Waals surface area contributed by atoms with Crippen molar-refractivity contribution in [1.29, 1.82) is 0 Å². The second kappa shape index (κ2) is 9.51. The molecule has 0 radical (unpaired) electrons. The standard InChI is InChI=1S/C26H29ClN8O2/c1-16-13-33(25(36)37-26(2,3)4)9-10-34(16)24-23-22(31-15-32-24)19(20-11-17(27)7-8-29-20)14-35(23)21-6-5-18(28)12-30-21/h5-8,11-12,14-16H,9-10,13,28H2,1-4H3/t16-/m0/s1. The SMILES string of the molecule is C[C@H]1CN(C(=O)OC(C)(C)C)CCN1c1ncnc2c(-c3cc(Cl)ccn3)cn(-c3ccc(N)cn3)c12. The lowest BCUT2D eigenvalue weighted by Crippen LogP contribution is -2.55. The van der Waals surface area contributed by atoms with E-state index in [0.717, 1.165) is 22.4 Å². The van der Waals surface area contributed by atoms with Gasteiger partial charge in [0.05, 0.1) is 17.6 Å². The van der Waals surface area contributed by atoms with Crippen LogP contribution >= 0.6 is 11.6 Å². The molecule has 0 unspecified atom stereocenters. The van der Waals surface area contributed by atoms with Crippen molar-refractivity contribution >= 4 is 40.2 Å². The highest BCUT2D eigenvalue weighted by molar-refractivity contribution is 6.30. The van der Waals surface area contributed by atoms with Crippen LogP contribution < -0.4 is 10.6 Å². The zero-order valence-electron chi connectivity index (χ0n) is 21.2. The molecule has 0 aliphatic carbocycles. The van der Waals surface area contributed by atoms with Gasteiger partial charge < -0.3 is 20.3 Å².